The van der Waals surface area contributed by atoms with Crippen LogP contribution in [-0.4, -0.2) is 36.6 Å². The minimum absolute atomic E-state index is 0.292. The minimum atomic E-state index is -4.91. The standard InChI is InChI=1S/C25H21F5N2O4S/c26-14-4-10-21-18(12-14)19-13-15(27)5-11-22(19)32(21)23-3-1-2-20(24(23)33)31-37(34,35)17-8-6-16(7-9-17)36-25(28,29)30/h4-13,20,23-24,31,33H,1-3H2. The second-order valence-electron chi connectivity index (χ2n) is 8.93. The van der Waals surface area contributed by atoms with Gasteiger partial charge in [0.15, 0.2) is 0 Å². The van der Waals surface area contributed by atoms with Crippen LogP contribution in [0.15, 0.2) is 65.6 Å². The number of hydrogen-bond acceptors (Lipinski definition) is 4. The van der Waals surface area contributed by atoms with Crippen LogP contribution in [0, 0.1) is 11.6 Å². The summed E-state index contributed by atoms with van der Waals surface area (Å²) in [6.07, 6.45) is -4.78. The third-order valence-corrected chi connectivity index (χ3v) is 8.06. The van der Waals surface area contributed by atoms with E-state index < -0.39 is 52.0 Å². The Bertz CT molecular complexity index is 1510. The highest BCUT2D eigenvalue weighted by molar-refractivity contribution is 7.89. The van der Waals surface area contributed by atoms with E-state index in [4.69, 9.17) is 0 Å². The fourth-order valence-corrected chi connectivity index (χ4v) is 6.30. The molecule has 3 aromatic carbocycles. The zero-order valence-electron chi connectivity index (χ0n) is 19.0. The first-order valence-corrected chi connectivity index (χ1v) is 12.9. The molecule has 0 aliphatic heterocycles. The van der Waals surface area contributed by atoms with Crippen LogP contribution in [0.4, 0.5) is 22.0 Å². The van der Waals surface area contributed by atoms with Gasteiger partial charge < -0.3 is 14.4 Å². The van der Waals surface area contributed by atoms with Gasteiger partial charge in [0.25, 0.3) is 0 Å². The van der Waals surface area contributed by atoms with E-state index in [9.17, 15) is 35.5 Å². The Kier molecular flexibility index (Phi) is 6.37. The van der Waals surface area contributed by atoms with Gasteiger partial charge in [-0.25, -0.2) is 21.9 Å². The fraction of sp³-hybridized carbons (Fsp3) is 0.280. The first kappa shape index (κ1) is 25.4. The van der Waals surface area contributed by atoms with Crippen molar-refractivity contribution in [3.63, 3.8) is 0 Å². The number of aliphatic hydroxyl groups is 1. The summed E-state index contributed by atoms with van der Waals surface area (Å²) in [4.78, 5) is -0.292. The van der Waals surface area contributed by atoms with Crippen LogP contribution in [0.2, 0.25) is 0 Å². The lowest BCUT2D eigenvalue weighted by Gasteiger charge is -2.36. The number of rotatable bonds is 5. The number of aromatic nitrogens is 1. The molecule has 37 heavy (non-hydrogen) atoms. The fourth-order valence-electron chi connectivity index (χ4n) is 5.01. The van der Waals surface area contributed by atoms with Gasteiger partial charge in [-0.05, 0) is 79.9 Å². The predicted molar refractivity (Wildman–Crippen MR) is 125 cm³/mol. The van der Waals surface area contributed by atoms with Crippen molar-refractivity contribution >= 4 is 31.8 Å². The van der Waals surface area contributed by atoms with Crippen molar-refractivity contribution in [1.29, 1.82) is 0 Å². The molecule has 1 saturated carbocycles. The smallest absolute Gasteiger partial charge is 0.406 e. The second-order valence-corrected chi connectivity index (χ2v) is 10.6. The van der Waals surface area contributed by atoms with E-state index in [0.717, 1.165) is 24.3 Å². The number of aliphatic hydroxyl groups excluding tert-OH is 1. The predicted octanol–water partition coefficient (Wildman–Crippen LogP) is 5.40. The van der Waals surface area contributed by atoms with Gasteiger partial charge in [0, 0.05) is 21.8 Å². The summed E-state index contributed by atoms with van der Waals surface area (Å²) < 4.78 is 99.1. The molecule has 2 N–H and O–H groups in total. The molecule has 1 aliphatic carbocycles. The molecule has 12 heteroatoms. The SMILES string of the molecule is O=S(=O)(NC1CCCC(n2c3ccc(F)cc3c3cc(F)ccc32)C1O)c1ccc(OC(F)(F)F)cc1. The molecule has 0 spiro atoms. The van der Waals surface area contributed by atoms with Crippen LogP contribution in [-0.2, 0) is 10.0 Å². The number of nitrogens with one attached hydrogen (secondary N) is 1. The van der Waals surface area contributed by atoms with Gasteiger partial charge in [-0.2, -0.15) is 0 Å². The number of ether oxygens (including phenoxy) is 1. The first-order valence-electron chi connectivity index (χ1n) is 11.4. The maximum absolute atomic E-state index is 14.0. The summed E-state index contributed by atoms with van der Waals surface area (Å²) in [5.74, 6) is -1.57. The van der Waals surface area contributed by atoms with E-state index in [0.29, 0.717) is 41.1 Å². The van der Waals surface area contributed by atoms with Crippen LogP contribution in [0.25, 0.3) is 21.8 Å². The van der Waals surface area contributed by atoms with Crippen molar-refractivity contribution in [3.05, 3.63) is 72.3 Å². The molecule has 3 unspecified atom stereocenters. The van der Waals surface area contributed by atoms with Gasteiger partial charge >= 0.3 is 6.36 Å². The van der Waals surface area contributed by atoms with Gasteiger partial charge in [0.2, 0.25) is 10.0 Å². The Morgan fingerprint density at radius 3 is 2.00 bits per heavy atom. The molecule has 196 valence electrons. The third kappa shape index (κ3) is 5.00. The van der Waals surface area contributed by atoms with Crippen molar-refractivity contribution in [2.75, 3.05) is 0 Å². The Balaban J connectivity index is 1.45. The van der Waals surface area contributed by atoms with Crippen molar-refractivity contribution < 1.29 is 40.2 Å². The number of benzene rings is 3. The molecule has 0 amide bonds. The Morgan fingerprint density at radius 2 is 1.46 bits per heavy atom. The number of alkyl halides is 3. The lowest BCUT2D eigenvalue weighted by atomic mass is 9.88. The van der Waals surface area contributed by atoms with Crippen LogP contribution < -0.4 is 9.46 Å². The number of nitrogens with zero attached hydrogens (tertiary/aromatic N) is 1. The number of sulfonamides is 1. The van der Waals surface area contributed by atoms with E-state index in [1.807, 2.05) is 0 Å². The molecule has 1 aromatic heterocycles. The van der Waals surface area contributed by atoms with Crippen LogP contribution in [0.1, 0.15) is 25.3 Å². The van der Waals surface area contributed by atoms with Gasteiger partial charge in [-0.1, -0.05) is 0 Å². The normalized spacial score (nSPS) is 21.0. The average molecular weight is 541 g/mol. The van der Waals surface area contributed by atoms with E-state index in [1.165, 1.54) is 36.4 Å². The van der Waals surface area contributed by atoms with Crippen LogP contribution in [0.3, 0.4) is 0 Å². The monoisotopic (exact) mass is 540 g/mol. The van der Waals surface area contributed by atoms with Gasteiger partial charge in [0.1, 0.15) is 17.4 Å². The zero-order chi connectivity index (χ0) is 26.5. The van der Waals surface area contributed by atoms with E-state index in [-0.39, 0.29) is 4.90 Å². The van der Waals surface area contributed by atoms with Crippen molar-refractivity contribution in [2.45, 2.75) is 48.7 Å². The van der Waals surface area contributed by atoms with Crippen LogP contribution in [0.5, 0.6) is 5.75 Å². The Morgan fingerprint density at radius 1 is 0.892 bits per heavy atom. The Labute approximate surface area is 208 Å². The summed E-state index contributed by atoms with van der Waals surface area (Å²) >= 11 is 0. The average Bonchev–Trinajstić information content (AvgIpc) is 3.12. The number of fused-ring (bicyclic) bond motifs is 3. The number of hydrogen-bond donors (Lipinski definition) is 2. The highest BCUT2D eigenvalue weighted by Crippen LogP contribution is 2.39. The lowest BCUT2D eigenvalue weighted by molar-refractivity contribution is -0.274. The minimum Gasteiger partial charge on any atom is -0.406 e. The summed E-state index contributed by atoms with van der Waals surface area (Å²) in [6.45, 7) is 0. The topological polar surface area (TPSA) is 80.6 Å². The second kappa shape index (κ2) is 9.26. The summed E-state index contributed by atoms with van der Waals surface area (Å²) in [5, 5.41) is 12.2. The summed E-state index contributed by atoms with van der Waals surface area (Å²) in [7, 11) is -4.20. The van der Waals surface area contributed by atoms with Gasteiger partial charge in [0.05, 0.1) is 23.1 Å². The quantitative estimate of drug-likeness (QED) is 0.332. The first-order chi connectivity index (χ1) is 17.4. The molecular weight excluding hydrogens is 519 g/mol. The molecule has 6 nitrogen and oxygen atoms in total. The zero-order valence-corrected chi connectivity index (χ0v) is 19.9. The lowest BCUT2D eigenvalue weighted by Crippen LogP contribution is -2.49. The summed E-state index contributed by atoms with van der Waals surface area (Å²) in [5.41, 5.74) is 1.13. The maximum Gasteiger partial charge on any atom is 0.573 e. The molecule has 1 heterocycles. The number of halogens is 5. The van der Waals surface area contributed by atoms with Crippen molar-refractivity contribution in [1.82, 2.24) is 9.29 Å². The highest BCUT2D eigenvalue weighted by atomic mass is 32.2. The molecule has 3 atom stereocenters. The van der Waals surface area contributed by atoms with Crippen molar-refractivity contribution in [3.8, 4) is 5.75 Å². The van der Waals surface area contributed by atoms with Gasteiger partial charge in [-0.15, -0.1) is 13.2 Å². The molecule has 1 fully saturated rings. The largest absolute Gasteiger partial charge is 0.573 e. The highest BCUT2D eigenvalue weighted by Gasteiger charge is 2.37. The van der Waals surface area contributed by atoms with Crippen molar-refractivity contribution in [2.24, 2.45) is 0 Å². The van der Waals surface area contributed by atoms with E-state index >= 15 is 0 Å². The van der Waals surface area contributed by atoms with E-state index in [1.54, 1.807) is 4.57 Å². The molecule has 0 saturated heterocycles. The third-order valence-electron chi connectivity index (χ3n) is 6.55. The van der Waals surface area contributed by atoms with Crippen LogP contribution >= 0.6 is 0 Å². The Hall–Kier alpha value is -3.22. The maximum atomic E-state index is 14.0. The molecule has 5 rings (SSSR count). The molecular formula is C25H21F5N2O4S. The molecule has 1 aliphatic rings. The molecule has 0 bridgehead atoms. The van der Waals surface area contributed by atoms with E-state index in [2.05, 4.69) is 9.46 Å². The summed E-state index contributed by atoms with van der Waals surface area (Å²) in [6, 6.07) is 10.4. The van der Waals surface area contributed by atoms with Gasteiger partial charge in [-0.3, -0.25) is 0 Å². The molecule has 4 aromatic rings. The molecule has 0 radical (unpaired) electrons.